The van der Waals surface area contributed by atoms with E-state index in [-0.39, 0.29) is 15.8 Å². The Morgan fingerprint density at radius 1 is 0.793 bits per heavy atom. The van der Waals surface area contributed by atoms with Gasteiger partial charge in [-0.15, -0.1) is 0 Å². The molecule has 0 unspecified atom stereocenters. The van der Waals surface area contributed by atoms with Gasteiger partial charge in [0.1, 0.15) is 17.5 Å². The van der Waals surface area contributed by atoms with Gasteiger partial charge in [0.05, 0.1) is 15.3 Å². The van der Waals surface area contributed by atoms with Gasteiger partial charge in [0.25, 0.3) is 0 Å². The molecule has 0 spiro atoms. The molecule has 0 amide bonds. The Labute approximate surface area is 169 Å². The van der Waals surface area contributed by atoms with Crippen molar-refractivity contribution in [1.82, 2.24) is 4.98 Å². The number of sulfone groups is 1. The van der Waals surface area contributed by atoms with E-state index in [4.69, 9.17) is 11.6 Å². The summed E-state index contributed by atoms with van der Waals surface area (Å²) in [7, 11) is -4.38. The zero-order valence-corrected chi connectivity index (χ0v) is 16.1. The van der Waals surface area contributed by atoms with E-state index in [0.29, 0.717) is 22.2 Å². The van der Waals surface area contributed by atoms with Crippen molar-refractivity contribution in [3.63, 3.8) is 0 Å². The fourth-order valence-corrected chi connectivity index (χ4v) is 4.68. The molecule has 4 aromatic rings. The maximum Gasteiger partial charge on any atom is 0.208 e. The summed E-state index contributed by atoms with van der Waals surface area (Å²) >= 11 is 5.93. The Morgan fingerprint density at radius 3 is 2.10 bits per heavy atom. The summed E-state index contributed by atoms with van der Waals surface area (Å²) < 4.78 is 67.8. The number of aromatic nitrogens is 1. The Balaban J connectivity index is 2.09. The van der Waals surface area contributed by atoms with Gasteiger partial charge in [-0.3, -0.25) is 4.98 Å². The van der Waals surface area contributed by atoms with Crippen molar-refractivity contribution in [3.8, 4) is 11.1 Å². The maximum absolute atomic E-state index is 14.0. The highest BCUT2D eigenvalue weighted by atomic mass is 35.5. The van der Waals surface area contributed by atoms with Crippen LogP contribution in [-0.4, -0.2) is 13.4 Å². The second-order valence-electron chi connectivity index (χ2n) is 6.27. The summed E-state index contributed by atoms with van der Waals surface area (Å²) in [6.07, 6.45) is 1.10. The van der Waals surface area contributed by atoms with E-state index >= 15 is 0 Å². The maximum atomic E-state index is 14.0. The first-order valence-corrected chi connectivity index (χ1v) is 10.2. The van der Waals surface area contributed by atoms with Crippen LogP contribution in [0.15, 0.2) is 76.7 Å². The van der Waals surface area contributed by atoms with Gasteiger partial charge in [-0.25, -0.2) is 21.6 Å². The van der Waals surface area contributed by atoms with Crippen molar-refractivity contribution in [2.75, 3.05) is 0 Å². The molecule has 0 aliphatic rings. The van der Waals surface area contributed by atoms with E-state index in [1.165, 1.54) is 12.1 Å². The van der Waals surface area contributed by atoms with E-state index in [0.717, 1.165) is 24.4 Å². The highest BCUT2D eigenvalue weighted by molar-refractivity contribution is 7.91. The zero-order valence-electron chi connectivity index (χ0n) is 14.5. The number of nitrogens with zero attached hydrogens (tertiary/aromatic N) is 1. The molecule has 3 nitrogen and oxygen atoms in total. The highest BCUT2D eigenvalue weighted by Gasteiger charge is 2.26. The van der Waals surface area contributed by atoms with Crippen molar-refractivity contribution >= 4 is 32.3 Å². The molecule has 0 N–H and O–H groups in total. The van der Waals surface area contributed by atoms with Crippen LogP contribution in [0.5, 0.6) is 0 Å². The Bertz CT molecular complexity index is 1340. The largest absolute Gasteiger partial charge is 0.255 e. The van der Waals surface area contributed by atoms with E-state index < -0.39 is 32.2 Å². The molecule has 0 atom stereocenters. The molecule has 0 saturated heterocycles. The van der Waals surface area contributed by atoms with Crippen molar-refractivity contribution in [1.29, 1.82) is 0 Å². The van der Waals surface area contributed by atoms with Crippen LogP contribution in [-0.2, 0) is 9.84 Å². The predicted molar refractivity (Wildman–Crippen MR) is 104 cm³/mol. The average Bonchev–Trinajstić information content (AvgIpc) is 2.67. The third kappa shape index (κ3) is 3.59. The molecule has 1 heterocycles. The first-order chi connectivity index (χ1) is 13.8. The van der Waals surface area contributed by atoms with Crippen LogP contribution in [0.1, 0.15) is 0 Å². The summed E-state index contributed by atoms with van der Waals surface area (Å²) in [4.78, 5) is 3.23. The van der Waals surface area contributed by atoms with Gasteiger partial charge >= 0.3 is 0 Å². The van der Waals surface area contributed by atoms with E-state index in [1.807, 2.05) is 0 Å². The minimum atomic E-state index is -4.38. The second kappa shape index (κ2) is 7.17. The molecule has 146 valence electrons. The van der Waals surface area contributed by atoms with Gasteiger partial charge in [0.2, 0.25) is 9.84 Å². The van der Waals surface area contributed by atoms with Crippen molar-refractivity contribution < 1.29 is 21.6 Å². The number of hydrogen-bond donors (Lipinski definition) is 0. The predicted octanol–water partition coefficient (Wildman–Crippen LogP) is 5.81. The van der Waals surface area contributed by atoms with Crippen LogP contribution in [0.3, 0.4) is 0 Å². The number of rotatable bonds is 3. The standard InChI is InChI=1S/C21H11ClF3NO2S/c22-13-3-1-12(2-4-13)21-18-10-14(23)5-6-19(18)26-11-20(21)29(27,28)17-8-15(24)7-16(25)9-17/h1-11H. The monoisotopic (exact) mass is 433 g/mol. The van der Waals surface area contributed by atoms with Crippen LogP contribution in [0.25, 0.3) is 22.0 Å². The molecule has 1 aromatic heterocycles. The first-order valence-electron chi connectivity index (χ1n) is 8.31. The minimum absolute atomic E-state index is 0.163. The highest BCUT2D eigenvalue weighted by Crippen LogP contribution is 2.37. The van der Waals surface area contributed by atoms with Gasteiger partial charge in [-0.05, 0) is 48.0 Å². The van der Waals surface area contributed by atoms with Crippen molar-refractivity contribution in [3.05, 3.63) is 89.3 Å². The van der Waals surface area contributed by atoms with Crippen LogP contribution in [0.4, 0.5) is 13.2 Å². The number of hydrogen-bond acceptors (Lipinski definition) is 3. The minimum Gasteiger partial charge on any atom is -0.255 e. The SMILES string of the molecule is O=S(=O)(c1cc(F)cc(F)c1)c1cnc2ccc(F)cc2c1-c1ccc(Cl)cc1. The smallest absolute Gasteiger partial charge is 0.208 e. The number of pyridine rings is 1. The average molecular weight is 434 g/mol. The fraction of sp³-hybridized carbons (Fsp3) is 0. The lowest BCUT2D eigenvalue weighted by atomic mass is 10.0. The molecular formula is C21H11ClF3NO2S. The fourth-order valence-electron chi connectivity index (χ4n) is 3.08. The number of fused-ring (bicyclic) bond motifs is 1. The number of halogens is 4. The first kappa shape index (κ1) is 19.4. The Kier molecular flexibility index (Phi) is 4.80. The second-order valence-corrected chi connectivity index (χ2v) is 8.63. The molecule has 0 radical (unpaired) electrons. The molecular weight excluding hydrogens is 423 g/mol. The zero-order chi connectivity index (χ0) is 20.8. The molecule has 29 heavy (non-hydrogen) atoms. The summed E-state index contributed by atoms with van der Waals surface area (Å²) in [6.45, 7) is 0. The normalized spacial score (nSPS) is 11.7. The Morgan fingerprint density at radius 2 is 1.45 bits per heavy atom. The Hall–Kier alpha value is -2.90. The van der Waals surface area contributed by atoms with Gasteiger partial charge in [0.15, 0.2) is 0 Å². The van der Waals surface area contributed by atoms with E-state index in [2.05, 4.69) is 4.98 Å². The summed E-state index contributed by atoms with van der Waals surface area (Å²) in [6, 6.07) is 12.1. The molecule has 8 heteroatoms. The molecule has 0 bridgehead atoms. The van der Waals surface area contributed by atoms with Crippen LogP contribution >= 0.6 is 11.6 Å². The van der Waals surface area contributed by atoms with Crippen molar-refractivity contribution in [2.45, 2.75) is 9.79 Å². The summed E-state index contributed by atoms with van der Waals surface area (Å²) in [5.74, 6) is -2.64. The topological polar surface area (TPSA) is 47.0 Å². The lowest BCUT2D eigenvalue weighted by Gasteiger charge is -2.14. The molecule has 0 fully saturated rings. The molecule has 3 aromatic carbocycles. The van der Waals surface area contributed by atoms with Crippen LogP contribution < -0.4 is 0 Å². The third-order valence-corrected chi connectivity index (χ3v) is 6.36. The summed E-state index contributed by atoms with van der Waals surface area (Å²) in [5, 5.41) is 0.667. The number of benzene rings is 3. The molecule has 0 saturated carbocycles. The molecule has 0 aliphatic carbocycles. The van der Waals surface area contributed by atoms with Crippen molar-refractivity contribution in [2.24, 2.45) is 0 Å². The lowest BCUT2D eigenvalue weighted by molar-refractivity contribution is 0.567. The van der Waals surface area contributed by atoms with E-state index in [1.54, 1.807) is 24.3 Å². The van der Waals surface area contributed by atoms with Gasteiger partial charge in [-0.2, -0.15) is 0 Å². The molecule has 4 rings (SSSR count). The van der Waals surface area contributed by atoms with Crippen LogP contribution in [0.2, 0.25) is 5.02 Å². The van der Waals surface area contributed by atoms with Crippen LogP contribution in [0, 0.1) is 17.5 Å². The summed E-state index contributed by atoms with van der Waals surface area (Å²) in [5.41, 5.74) is 0.958. The van der Waals surface area contributed by atoms with E-state index in [9.17, 15) is 21.6 Å². The van der Waals surface area contributed by atoms with Gasteiger partial charge in [-0.1, -0.05) is 23.7 Å². The van der Waals surface area contributed by atoms with Gasteiger partial charge < -0.3 is 0 Å². The lowest BCUT2D eigenvalue weighted by Crippen LogP contribution is -2.07. The molecule has 0 aliphatic heterocycles. The van der Waals surface area contributed by atoms with Gasteiger partial charge in [0, 0.05) is 28.2 Å². The quantitative estimate of drug-likeness (QED) is 0.410. The third-order valence-electron chi connectivity index (χ3n) is 4.36.